The van der Waals surface area contributed by atoms with Gasteiger partial charge in [-0.25, -0.2) is 0 Å². The first-order valence-corrected chi connectivity index (χ1v) is 5.37. The van der Waals surface area contributed by atoms with Gasteiger partial charge in [0, 0.05) is 13.1 Å². The van der Waals surface area contributed by atoms with Crippen LogP contribution in [0.5, 0.6) is 0 Å². The summed E-state index contributed by atoms with van der Waals surface area (Å²) in [6.07, 6.45) is 3.57. The third-order valence-corrected chi connectivity index (χ3v) is 2.82. The Morgan fingerprint density at radius 3 is 2.60 bits per heavy atom. The number of rotatable bonds is 2. The number of nitrogens with zero attached hydrogens (tertiary/aromatic N) is 1. The summed E-state index contributed by atoms with van der Waals surface area (Å²) < 4.78 is 0. The minimum Gasteiger partial charge on any atom is -0.299 e. The van der Waals surface area contributed by atoms with Gasteiger partial charge in [0.05, 0.1) is 0 Å². The number of benzene rings is 1. The van der Waals surface area contributed by atoms with Gasteiger partial charge in [0.1, 0.15) is 0 Å². The van der Waals surface area contributed by atoms with Crippen LogP contribution in [0.1, 0.15) is 18.9 Å². The number of halogens is 1. The van der Waals surface area contributed by atoms with Crippen LogP contribution in [0.25, 0.3) is 5.57 Å². The second-order valence-corrected chi connectivity index (χ2v) is 3.75. The van der Waals surface area contributed by atoms with Gasteiger partial charge in [0.15, 0.2) is 0 Å². The Morgan fingerprint density at radius 2 is 1.93 bits per heavy atom. The molecule has 0 amide bonds. The predicted molar refractivity (Wildman–Crippen MR) is 68.4 cm³/mol. The molecule has 2 rings (SSSR count). The van der Waals surface area contributed by atoms with Crippen LogP contribution in [0.4, 0.5) is 0 Å². The first kappa shape index (κ1) is 12.3. The van der Waals surface area contributed by atoms with E-state index in [1.54, 1.807) is 0 Å². The van der Waals surface area contributed by atoms with Gasteiger partial charge in [-0.05, 0) is 24.1 Å². The molecule has 1 aliphatic heterocycles. The maximum Gasteiger partial charge on any atom is 0.0236 e. The van der Waals surface area contributed by atoms with Crippen molar-refractivity contribution in [1.82, 2.24) is 4.90 Å². The lowest BCUT2D eigenvalue weighted by Crippen LogP contribution is -2.29. The Labute approximate surface area is 98.2 Å². The number of hydrogen-bond donors (Lipinski definition) is 0. The molecule has 0 spiro atoms. The lowest BCUT2D eigenvalue weighted by Gasteiger charge is -2.25. The smallest absolute Gasteiger partial charge is 0.0236 e. The molecular formula is C13H18ClN. The van der Waals surface area contributed by atoms with E-state index in [0.29, 0.717) is 0 Å². The van der Waals surface area contributed by atoms with E-state index in [0.717, 1.165) is 13.1 Å². The van der Waals surface area contributed by atoms with Crippen LogP contribution in [-0.4, -0.2) is 24.5 Å². The van der Waals surface area contributed by atoms with E-state index in [9.17, 15) is 0 Å². The molecule has 0 N–H and O–H groups in total. The highest BCUT2D eigenvalue weighted by Crippen LogP contribution is 2.19. The summed E-state index contributed by atoms with van der Waals surface area (Å²) in [7, 11) is 0. The molecule has 1 aliphatic rings. The first-order valence-electron chi connectivity index (χ1n) is 5.37. The Bertz CT molecular complexity index is 319. The summed E-state index contributed by atoms with van der Waals surface area (Å²) in [5.41, 5.74) is 2.87. The van der Waals surface area contributed by atoms with Gasteiger partial charge in [0.2, 0.25) is 0 Å². The van der Waals surface area contributed by atoms with Crippen LogP contribution in [0.2, 0.25) is 0 Å². The number of hydrogen-bond acceptors (Lipinski definition) is 1. The molecule has 0 saturated carbocycles. The topological polar surface area (TPSA) is 3.24 Å². The van der Waals surface area contributed by atoms with Crippen molar-refractivity contribution in [1.29, 1.82) is 0 Å². The molecule has 82 valence electrons. The fourth-order valence-electron chi connectivity index (χ4n) is 1.94. The van der Waals surface area contributed by atoms with Crippen molar-refractivity contribution in [3.05, 3.63) is 42.0 Å². The fraction of sp³-hybridized carbons (Fsp3) is 0.385. The van der Waals surface area contributed by atoms with E-state index in [1.165, 1.54) is 24.1 Å². The Hall–Kier alpha value is -0.790. The highest BCUT2D eigenvalue weighted by Gasteiger charge is 2.11. The highest BCUT2D eigenvalue weighted by atomic mass is 35.5. The van der Waals surface area contributed by atoms with Crippen molar-refractivity contribution in [3.8, 4) is 0 Å². The monoisotopic (exact) mass is 223 g/mol. The van der Waals surface area contributed by atoms with E-state index in [2.05, 4.69) is 48.2 Å². The summed E-state index contributed by atoms with van der Waals surface area (Å²) >= 11 is 0. The van der Waals surface area contributed by atoms with Crippen molar-refractivity contribution in [2.75, 3.05) is 19.6 Å². The maximum absolute atomic E-state index is 2.49. The summed E-state index contributed by atoms with van der Waals surface area (Å²) in [6.45, 7) is 5.71. The third kappa shape index (κ3) is 3.08. The van der Waals surface area contributed by atoms with Gasteiger partial charge in [0.25, 0.3) is 0 Å². The lowest BCUT2D eigenvalue weighted by atomic mass is 10.0. The highest BCUT2D eigenvalue weighted by molar-refractivity contribution is 5.85. The molecule has 2 heteroatoms. The van der Waals surface area contributed by atoms with Crippen LogP contribution in [0, 0.1) is 0 Å². The Balaban J connectivity index is 0.00000112. The third-order valence-electron chi connectivity index (χ3n) is 2.82. The zero-order valence-corrected chi connectivity index (χ0v) is 9.96. The Kier molecular flexibility index (Phi) is 4.86. The van der Waals surface area contributed by atoms with Crippen LogP contribution in [-0.2, 0) is 0 Å². The average Bonchev–Trinajstić information content (AvgIpc) is 2.30. The van der Waals surface area contributed by atoms with E-state index in [-0.39, 0.29) is 12.4 Å². The molecule has 0 bridgehead atoms. The maximum atomic E-state index is 2.49. The fourth-order valence-corrected chi connectivity index (χ4v) is 1.94. The molecule has 0 saturated heterocycles. The van der Waals surface area contributed by atoms with Crippen molar-refractivity contribution in [3.63, 3.8) is 0 Å². The summed E-state index contributed by atoms with van der Waals surface area (Å²) in [5, 5.41) is 0. The van der Waals surface area contributed by atoms with Crippen molar-refractivity contribution in [2.24, 2.45) is 0 Å². The minimum absolute atomic E-state index is 0. The minimum atomic E-state index is 0. The molecule has 1 aromatic rings. The molecule has 0 atom stereocenters. The molecule has 0 aliphatic carbocycles. The van der Waals surface area contributed by atoms with Crippen molar-refractivity contribution < 1.29 is 0 Å². The average molecular weight is 224 g/mol. The molecule has 0 unspecified atom stereocenters. The molecule has 0 fully saturated rings. The molecule has 1 nitrogen and oxygen atoms in total. The van der Waals surface area contributed by atoms with Gasteiger partial charge >= 0.3 is 0 Å². The second-order valence-electron chi connectivity index (χ2n) is 3.75. The van der Waals surface area contributed by atoms with Crippen LogP contribution < -0.4 is 0 Å². The van der Waals surface area contributed by atoms with E-state index < -0.39 is 0 Å². The molecule has 0 radical (unpaired) electrons. The molecule has 1 heterocycles. The van der Waals surface area contributed by atoms with E-state index in [4.69, 9.17) is 0 Å². The molecule has 15 heavy (non-hydrogen) atoms. The van der Waals surface area contributed by atoms with Crippen molar-refractivity contribution >= 4 is 18.0 Å². The van der Waals surface area contributed by atoms with Gasteiger partial charge in [-0.3, -0.25) is 4.90 Å². The summed E-state index contributed by atoms with van der Waals surface area (Å²) in [5.74, 6) is 0. The first-order chi connectivity index (χ1) is 6.90. The zero-order chi connectivity index (χ0) is 9.80. The quantitative estimate of drug-likeness (QED) is 0.744. The summed E-state index contributed by atoms with van der Waals surface area (Å²) in [4.78, 5) is 2.49. The van der Waals surface area contributed by atoms with Crippen LogP contribution >= 0.6 is 12.4 Å². The summed E-state index contributed by atoms with van der Waals surface area (Å²) in [6, 6.07) is 10.7. The molecule has 1 aromatic carbocycles. The van der Waals surface area contributed by atoms with Crippen LogP contribution in [0.3, 0.4) is 0 Å². The second kappa shape index (κ2) is 5.94. The standard InChI is InChI=1S/C13H17N.ClH/c1-2-14-10-6-9-13(11-14)12-7-4-3-5-8-12;/h3-5,7-9H,2,6,10-11H2,1H3;1H. The van der Waals surface area contributed by atoms with E-state index in [1.807, 2.05) is 0 Å². The Morgan fingerprint density at radius 1 is 1.20 bits per heavy atom. The number of likely N-dealkylation sites (N-methyl/N-ethyl adjacent to an activating group) is 1. The van der Waals surface area contributed by atoms with Gasteiger partial charge < -0.3 is 0 Å². The van der Waals surface area contributed by atoms with Gasteiger partial charge in [-0.1, -0.05) is 43.3 Å². The van der Waals surface area contributed by atoms with Gasteiger partial charge in [-0.15, -0.1) is 12.4 Å². The van der Waals surface area contributed by atoms with E-state index >= 15 is 0 Å². The lowest BCUT2D eigenvalue weighted by molar-refractivity contribution is 0.321. The largest absolute Gasteiger partial charge is 0.299 e. The van der Waals surface area contributed by atoms with Gasteiger partial charge in [-0.2, -0.15) is 0 Å². The SMILES string of the molecule is CCN1CCC=C(c2ccccc2)C1.Cl. The van der Waals surface area contributed by atoms with Crippen LogP contribution in [0.15, 0.2) is 36.4 Å². The molecular weight excluding hydrogens is 206 g/mol. The zero-order valence-electron chi connectivity index (χ0n) is 9.15. The molecule has 0 aromatic heterocycles. The van der Waals surface area contributed by atoms with Crippen molar-refractivity contribution in [2.45, 2.75) is 13.3 Å². The predicted octanol–water partition coefficient (Wildman–Crippen LogP) is 3.22. The normalized spacial score (nSPS) is 16.7.